The first kappa shape index (κ1) is 13.5. The number of hydrogen-bond donors (Lipinski definition) is 2. The zero-order valence-corrected chi connectivity index (χ0v) is 11.0. The van der Waals surface area contributed by atoms with Gasteiger partial charge in [0.25, 0.3) is 0 Å². The van der Waals surface area contributed by atoms with E-state index in [0.717, 1.165) is 23.0 Å². The normalized spacial score (nSPS) is 12.8. The Morgan fingerprint density at radius 3 is 2.75 bits per heavy atom. The molecule has 0 radical (unpaired) electrons. The lowest BCUT2D eigenvalue weighted by Gasteiger charge is -2.14. The molecule has 0 saturated carbocycles. The van der Waals surface area contributed by atoms with Gasteiger partial charge in [-0.3, -0.25) is 0 Å². The van der Waals surface area contributed by atoms with Crippen molar-refractivity contribution in [3.05, 3.63) is 23.4 Å². The second-order valence-corrected chi connectivity index (χ2v) is 4.91. The summed E-state index contributed by atoms with van der Waals surface area (Å²) >= 11 is 1.69. The molecule has 4 heteroatoms. The molecule has 3 nitrogen and oxygen atoms in total. The maximum Gasteiger partial charge on any atom is 0.0966 e. The van der Waals surface area contributed by atoms with E-state index < -0.39 is 0 Å². The third-order valence-electron chi connectivity index (χ3n) is 2.22. The minimum Gasteiger partial charge on any atom is -0.395 e. The van der Waals surface area contributed by atoms with Gasteiger partial charge in [-0.15, -0.1) is 11.8 Å². The summed E-state index contributed by atoms with van der Waals surface area (Å²) < 4.78 is 0. The minimum absolute atomic E-state index is 0.151. The van der Waals surface area contributed by atoms with Gasteiger partial charge in [0.15, 0.2) is 0 Å². The number of hydrogen-bond acceptors (Lipinski definition) is 4. The standard InChI is InChI=1S/C12H20N2OS/c1-4-13-11(7-15)8-16-12-6-9(2)5-10(3)14-12/h5-6,11,13,15H,4,7-8H2,1-3H3. The van der Waals surface area contributed by atoms with Crippen LogP contribution in [0.4, 0.5) is 0 Å². The molecule has 0 fully saturated rings. The first-order valence-electron chi connectivity index (χ1n) is 5.58. The molecule has 0 aliphatic rings. The zero-order chi connectivity index (χ0) is 12.0. The molecule has 0 amide bonds. The first-order valence-corrected chi connectivity index (χ1v) is 6.56. The van der Waals surface area contributed by atoms with Crippen LogP contribution in [-0.2, 0) is 0 Å². The van der Waals surface area contributed by atoms with Crippen LogP contribution >= 0.6 is 11.8 Å². The maximum atomic E-state index is 9.15. The van der Waals surface area contributed by atoms with E-state index in [0.29, 0.717) is 0 Å². The average molecular weight is 240 g/mol. The van der Waals surface area contributed by atoms with Crippen molar-refractivity contribution in [3.63, 3.8) is 0 Å². The number of aromatic nitrogens is 1. The smallest absolute Gasteiger partial charge is 0.0966 e. The molecule has 1 heterocycles. The van der Waals surface area contributed by atoms with Crippen LogP contribution in [0.1, 0.15) is 18.2 Å². The summed E-state index contributed by atoms with van der Waals surface area (Å²) in [6.07, 6.45) is 0. The van der Waals surface area contributed by atoms with Crippen LogP contribution in [0.25, 0.3) is 0 Å². The van der Waals surface area contributed by atoms with Crippen molar-refractivity contribution < 1.29 is 5.11 Å². The number of likely N-dealkylation sites (N-methyl/N-ethyl adjacent to an activating group) is 1. The number of thioether (sulfide) groups is 1. The van der Waals surface area contributed by atoms with Crippen molar-refractivity contribution in [2.45, 2.75) is 31.8 Å². The number of aliphatic hydroxyl groups is 1. The number of aryl methyl sites for hydroxylation is 2. The SMILES string of the molecule is CCNC(CO)CSc1cc(C)cc(C)n1. The lowest BCUT2D eigenvalue weighted by molar-refractivity contribution is 0.255. The third kappa shape index (κ3) is 4.51. The van der Waals surface area contributed by atoms with Crippen molar-refractivity contribution in [1.29, 1.82) is 0 Å². The highest BCUT2D eigenvalue weighted by Gasteiger charge is 2.07. The van der Waals surface area contributed by atoms with Gasteiger partial charge in [-0.1, -0.05) is 6.92 Å². The number of nitrogens with zero attached hydrogens (tertiary/aromatic N) is 1. The Morgan fingerprint density at radius 2 is 2.19 bits per heavy atom. The van der Waals surface area contributed by atoms with Crippen LogP contribution in [0.3, 0.4) is 0 Å². The molecule has 16 heavy (non-hydrogen) atoms. The molecule has 0 spiro atoms. The Morgan fingerprint density at radius 1 is 1.44 bits per heavy atom. The van der Waals surface area contributed by atoms with Crippen LogP contribution in [0.2, 0.25) is 0 Å². The van der Waals surface area contributed by atoms with E-state index in [2.05, 4.69) is 29.4 Å². The molecular weight excluding hydrogens is 220 g/mol. The highest BCUT2D eigenvalue weighted by molar-refractivity contribution is 7.99. The van der Waals surface area contributed by atoms with Gasteiger partial charge >= 0.3 is 0 Å². The van der Waals surface area contributed by atoms with Gasteiger partial charge in [0, 0.05) is 17.5 Å². The monoisotopic (exact) mass is 240 g/mol. The topological polar surface area (TPSA) is 45.1 Å². The van der Waals surface area contributed by atoms with Gasteiger partial charge in [-0.2, -0.15) is 0 Å². The molecule has 0 aliphatic heterocycles. The summed E-state index contributed by atoms with van der Waals surface area (Å²) in [5.74, 6) is 0.847. The molecule has 0 saturated heterocycles. The second kappa shape index (κ2) is 6.89. The van der Waals surface area contributed by atoms with E-state index >= 15 is 0 Å². The Hall–Kier alpha value is -0.580. The van der Waals surface area contributed by atoms with Crippen LogP contribution in [0.5, 0.6) is 0 Å². The quantitative estimate of drug-likeness (QED) is 0.744. The molecule has 1 unspecified atom stereocenters. The van der Waals surface area contributed by atoms with E-state index in [9.17, 15) is 0 Å². The first-order chi connectivity index (χ1) is 7.65. The number of nitrogens with one attached hydrogen (secondary N) is 1. The lowest BCUT2D eigenvalue weighted by Crippen LogP contribution is -2.34. The van der Waals surface area contributed by atoms with E-state index in [4.69, 9.17) is 5.11 Å². The van der Waals surface area contributed by atoms with Crippen molar-refractivity contribution in [2.24, 2.45) is 0 Å². The highest BCUT2D eigenvalue weighted by atomic mass is 32.2. The van der Waals surface area contributed by atoms with E-state index in [1.165, 1.54) is 5.56 Å². The Balaban J connectivity index is 2.52. The maximum absolute atomic E-state index is 9.15. The molecule has 0 aliphatic carbocycles. The molecule has 1 atom stereocenters. The van der Waals surface area contributed by atoms with Crippen LogP contribution in [-0.4, -0.2) is 35.0 Å². The van der Waals surface area contributed by atoms with Crippen LogP contribution < -0.4 is 5.32 Å². The van der Waals surface area contributed by atoms with Gasteiger partial charge in [-0.05, 0) is 38.1 Å². The van der Waals surface area contributed by atoms with Gasteiger partial charge in [0.05, 0.1) is 11.6 Å². The molecule has 90 valence electrons. The van der Waals surface area contributed by atoms with Crippen molar-refractivity contribution in [2.75, 3.05) is 18.9 Å². The van der Waals surface area contributed by atoms with Crippen molar-refractivity contribution >= 4 is 11.8 Å². The summed E-state index contributed by atoms with van der Waals surface area (Å²) in [6, 6.07) is 4.30. The van der Waals surface area contributed by atoms with E-state index in [-0.39, 0.29) is 12.6 Å². The fourth-order valence-corrected chi connectivity index (χ4v) is 2.60. The molecule has 1 aromatic rings. The summed E-state index contributed by atoms with van der Waals surface area (Å²) in [7, 11) is 0. The number of aliphatic hydroxyl groups excluding tert-OH is 1. The third-order valence-corrected chi connectivity index (χ3v) is 3.29. The molecule has 1 aromatic heterocycles. The van der Waals surface area contributed by atoms with Crippen LogP contribution in [0, 0.1) is 13.8 Å². The van der Waals surface area contributed by atoms with E-state index in [1.807, 2.05) is 13.8 Å². The molecule has 1 rings (SSSR count). The van der Waals surface area contributed by atoms with Gasteiger partial charge < -0.3 is 10.4 Å². The fourth-order valence-electron chi connectivity index (χ4n) is 1.53. The Kier molecular flexibility index (Phi) is 5.80. The van der Waals surface area contributed by atoms with Crippen molar-refractivity contribution in [1.82, 2.24) is 10.3 Å². The van der Waals surface area contributed by atoms with Crippen molar-refractivity contribution in [3.8, 4) is 0 Å². The predicted molar refractivity (Wildman–Crippen MR) is 69.0 cm³/mol. The zero-order valence-electron chi connectivity index (χ0n) is 10.2. The minimum atomic E-state index is 0.151. The van der Waals surface area contributed by atoms with Gasteiger partial charge in [0.2, 0.25) is 0 Å². The number of rotatable bonds is 6. The Bertz CT molecular complexity index is 311. The van der Waals surface area contributed by atoms with Gasteiger partial charge in [0.1, 0.15) is 0 Å². The molecule has 0 aromatic carbocycles. The number of pyridine rings is 1. The van der Waals surface area contributed by atoms with E-state index in [1.54, 1.807) is 11.8 Å². The average Bonchev–Trinajstić information content (AvgIpc) is 2.23. The lowest BCUT2D eigenvalue weighted by atomic mass is 10.3. The molecule has 2 N–H and O–H groups in total. The highest BCUT2D eigenvalue weighted by Crippen LogP contribution is 2.18. The largest absolute Gasteiger partial charge is 0.395 e. The summed E-state index contributed by atoms with van der Waals surface area (Å²) in [4.78, 5) is 4.45. The molecule has 0 bridgehead atoms. The predicted octanol–water partition coefficient (Wildman–Crippen LogP) is 1.76. The second-order valence-electron chi connectivity index (χ2n) is 3.87. The summed E-state index contributed by atoms with van der Waals surface area (Å²) in [5, 5.41) is 13.4. The summed E-state index contributed by atoms with van der Waals surface area (Å²) in [5.41, 5.74) is 2.28. The molecular formula is C12H20N2OS. The van der Waals surface area contributed by atoms with Gasteiger partial charge in [-0.25, -0.2) is 4.98 Å². The fraction of sp³-hybridized carbons (Fsp3) is 0.583. The summed E-state index contributed by atoms with van der Waals surface area (Å²) in [6.45, 7) is 7.18. The van der Waals surface area contributed by atoms with Crippen LogP contribution in [0.15, 0.2) is 17.2 Å². The Labute approximate surface area is 102 Å².